The van der Waals surface area contributed by atoms with Crippen LogP contribution in [0, 0.1) is 0 Å². The second kappa shape index (κ2) is 11.4. The molecule has 0 aliphatic heterocycles. The maximum atomic E-state index is 5.09. The molecule has 0 fully saturated rings. The third kappa shape index (κ3) is 5.31. The topological polar surface area (TPSA) is 64.5 Å². The van der Waals surface area contributed by atoms with Crippen molar-refractivity contribution >= 4 is 0 Å². The van der Waals surface area contributed by atoms with Crippen LogP contribution in [0.4, 0.5) is 0 Å². The van der Waals surface area contributed by atoms with E-state index in [2.05, 4.69) is 87.7 Å². The maximum absolute atomic E-state index is 5.09. The molecule has 0 radical (unpaired) electrons. The van der Waals surface area contributed by atoms with Gasteiger partial charge in [-0.2, -0.15) is 0 Å². The van der Waals surface area contributed by atoms with E-state index in [1.807, 2.05) is 79.5 Å². The average Bonchev–Trinajstić information content (AvgIpc) is 3.09. The van der Waals surface area contributed by atoms with Gasteiger partial charge in [-0.05, 0) is 76.9 Å². The summed E-state index contributed by atoms with van der Waals surface area (Å²) in [6, 6.07) is 41.2. The first-order valence-corrected chi connectivity index (χ1v) is 13.7. The summed E-state index contributed by atoms with van der Waals surface area (Å²) in [6.45, 7) is 0. The quantitative estimate of drug-likeness (QED) is 0.212. The molecule has 7 aromatic rings. The van der Waals surface area contributed by atoms with Gasteiger partial charge in [0.15, 0.2) is 5.82 Å². The van der Waals surface area contributed by atoms with Crippen LogP contribution in [0.15, 0.2) is 152 Å². The molecule has 0 aliphatic rings. The number of hydrogen-bond acceptors (Lipinski definition) is 5. The van der Waals surface area contributed by atoms with E-state index < -0.39 is 0 Å². The van der Waals surface area contributed by atoms with Crippen molar-refractivity contribution in [1.82, 2.24) is 24.9 Å². The Morgan fingerprint density at radius 1 is 0.310 bits per heavy atom. The van der Waals surface area contributed by atoms with E-state index in [0.29, 0.717) is 5.82 Å². The van der Waals surface area contributed by atoms with Crippen molar-refractivity contribution in [3.05, 3.63) is 152 Å². The molecule has 3 aromatic carbocycles. The summed E-state index contributed by atoms with van der Waals surface area (Å²) in [5, 5.41) is 0. The van der Waals surface area contributed by atoms with Crippen LogP contribution in [0.1, 0.15) is 0 Å². The van der Waals surface area contributed by atoms with E-state index in [-0.39, 0.29) is 0 Å². The molecule has 0 spiro atoms. The highest BCUT2D eigenvalue weighted by Gasteiger charge is 2.13. The molecular weight excluding hydrogens is 514 g/mol. The molecule has 198 valence electrons. The first kappa shape index (κ1) is 25.2. The van der Waals surface area contributed by atoms with Crippen molar-refractivity contribution in [3.63, 3.8) is 0 Å². The molecule has 42 heavy (non-hydrogen) atoms. The van der Waals surface area contributed by atoms with Gasteiger partial charge < -0.3 is 0 Å². The molecule has 4 aromatic heterocycles. The van der Waals surface area contributed by atoms with E-state index in [1.165, 1.54) is 0 Å². The molecule has 0 atom stereocenters. The van der Waals surface area contributed by atoms with Crippen LogP contribution in [0.2, 0.25) is 0 Å². The summed E-state index contributed by atoms with van der Waals surface area (Å²) in [5.41, 5.74) is 11.1. The summed E-state index contributed by atoms with van der Waals surface area (Å²) in [5.74, 6) is 0.668. The van der Waals surface area contributed by atoms with Crippen molar-refractivity contribution < 1.29 is 0 Å². The number of rotatable bonds is 6. The molecule has 0 saturated carbocycles. The molecule has 0 N–H and O–H groups in total. The Kier molecular flexibility index (Phi) is 6.81. The molecule has 5 heteroatoms. The first-order valence-electron chi connectivity index (χ1n) is 13.7. The second-order valence-electron chi connectivity index (χ2n) is 9.89. The zero-order valence-electron chi connectivity index (χ0n) is 22.7. The van der Waals surface area contributed by atoms with Crippen LogP contribution in [-0.2, 0) is 0 Å². The van der Waals surface area contributed by atoms with Crippen molar-refractivity contribution in [2.75, 3.05) is 0 Å². The Morgan fingerprint density at radius 2 is 0.833 bits per heavy atom. The molecule has 0 unspecified atom stereocenters. The third-order valence-electron chi connectivity index (χ3n) is 7.17. The van der Waals surface area contributed by atoms with Gasteiger partial charge in [-0.15, -0.1) is 0 Å². The number of pyridine rings is 3. The summed E-state index contributed by atoms with van der Waals surface area (Å²) in [7, 11) is 0. The summed E-state index contributed by atoms with van der Waals surface area (Å²) >= 11 is 0. The van der Waals surface area contributed by atoms with E-state index in [4.69, 9.17) is 9.97 Å². The lowest BCUT2D eigenvalue weighted by Crippen LogP contribution is -1.96. The van der Waals surface area contributed by atoms with Gasteiger partial charge in [0.2, 0.25) is 0 Å². The zero-order valence-corrected chi connectivity index (χ0v) is 22.7. The Bertz CT molecular complexity index is 1860. The summed E-state index contributed by atoms with van der Waals surface area (Å²) in [4.78, 5) is 23.0. The maximum Gasteiger partial charge on any atom is 0.160 e. The van der Waals surface area contributed by atoms with Gasteiger partial charge in [-0.1, -0.05) is 66.7 Å². The van der Waals surface area contributed by atoms with Gasteiger partial charge in [0.1, 0.15) is 0 Å². The highest BCUT2D eigenvalue weighted by atomic mass is 14.9. The fourth-order valence-corrected chi connectivity index (χ4v) is 5.00. The Morgan fingerprint density at radius 3 is 1.43 bits per heavy atom. The Hall–Kier alpha value is -5.81. The second-order valence-corrected chi connectivity index (χ2v) is 9.89. The fourth-order valence-electron chi connectivity index (χ4n) is 5.00. The van der Waals surface area contributed by atoms with E-state index in [0.717, 1.165) is 61.6 Å². The SMILES string of the molecule is c1ccc(-c2ccc(-c3cc(-c4cccc(-c5ccncc5)c4)nc(-c4cccc(-c5ccncc5)c4)n3)cc2)nc1. The number of benzene rings is 3. The van der Waals surface area contributed by atoms with Crippen LogP contribution < -0.4 is 0 Å². The molecular formula is C37H25N5. The fraction of sp³-hybridized carbons (Fsp3) is 0. The highest BCUT2D eigenvalue weighted by Crippen LogP contribution is 2.32. The Labute approximate surface area is 244 Å². The predicted molar refractivity (Wildman–Crippen MR) is 168 cm³/mol. The molecule has 0 bridgehead atoms. The highest BCUT2D eigenvalue weighted by molar-refractivity contribution is 5.77. The van der Waals surface area contributed by atoms with E-state index >= 15 is 0 Å². The molecule has 5 nitrogen and oxygen atoms in total. The minimum atomic E-state index is 0.668. The number of nitrogens with zero attached hydrogens (tertiary/aromatic N) is 5. The van der Waals surface area contributed by atoms with E-state index in [1.54, 1.807) is 0 Å². The zero-order chi connectivity index (χ0) is 28.1. The minimum absolute atomic E-state index is 0.668. The lowest BCUT2D eigenvalue weighted by molar-refractivity contribution is 1.18. The summed E-state index contributed by atoms with van der Waals surface area (Å²) in [6.07, 6.45) is 9.05. The third-order valence-corrected chi connectivity index (χ3v) is 7.17. The standard InChI is InChI=1S/C37H25N5/c1-2-18-40-34(9-1)28-10-12-29(13-11-28)35-25-36(32-7-3-5-30(23-32)26-14-19-38-20-15-26)42-37(41-35)33-8-4-6-31(24-33)27-16-21-39-22-17-27/h1-25H. The monoisotopic (exact) mass is 539 g/mol. The van der Waals surface area contributed by atoms with Gasteiger partial charge in [0.05, 0.1) is 17.1 Å². The number of aromatic nitrogens is 5. The lowest BCUT2D eigenvalue weighted by atomic mass is 10.0. The van der Waals surface area contributed by atoms with Crippen molar-refractivity contribution in [2.45, 2.75) is 0 Å². The van der Waals surface area contributed by atoms with Crippen LogP contribution in [0.25, 0.3) is 67.4 Å². The predicted octanol–water partition coefficient (Wildman–Crippen LogP) is 8.66. The van der Waals surface area contributed by atoms with E-state index in [9.17, 15) is 0 Å². The molecule has 0 aliphatic carbocycles. The molecule has 4 heterocycles. The van der Waals surface area contributed by atoms with Crippen molar-refractivity contribution in [3.8, 4) is 67.4 Å². The molecule has 0 amide bonds. The minimum Gasteiger partial charge on any atom is -0.265 e. The van der Waals surface area contributed by atoms with Crippen molar-refractivity contribution in [1.29, 1.82) is 0 Å². The summed E-state index contributed by atoms with van der Waals surface area (Å²) < 4.78 is 0. The van der Waals surface area contributed by atoms with Gasteiger partial charge in [0, 0.05) is 53.2 Å². The first-order chi connectivity index (χ1) is 20.8. The van der Waals surface area contributed by atoms with Crippen LogP contribution >= 0.6 is 0 Å². The van der Waals surface area contributed by atoms with Gasteiger partial charge >= 0.3 is 0 Å². The number of hydrogen-bond donors (Lipinski definition) is 0. The lowest BCUT2D eigenvalue weighted by Gasteiger charge is -2.12. The average molecular weight is 540 g/mol. The van der Waals surface area contributed by atoms with Gasteiger partial charge in [-0.25, -0.2) is 9.97 Å². The van der Waals surface area contributed by atoms with Gasteiger partial charge in [0.25, 0.3) is 0 Å². The molecule has 0 saturated heterocycles. The van der Waals surface area contributed by atoms with Gasteiger partial charge in [-0.3, -0.25) is 15.0 Å². The van der Waals surface area contributed by atoms with Crippen LogP contribution in [-0.4, -0.2) is 24.9 Å². The smallest absolute Gasteiger partial charge is 0.160 e. The van der Waals surface area contributed by atoms with Crippen LogP contribution in [0.5, 0.6) is 0 Å². The van der Waals surface area contributed by atoms with Crippen molar-refractivity contribution in [2.24, 2.45) is 0 Å². The molecule has 7 rings (SSSR count). The van der Waals surface area contributed by atoms with Crippen LogP contribution in [0.3, 0.4) is 0 Å². The Balaban J connectivity index is 1.35. The normalized spacial score (nSPS) is 10.9. The largest absolute Gasteiger partial charge is 0.265 e.